The summed E-state index contributed by atoms with van der Waals surface area (Å²) in [5.41, 5.74) is 0. The Bertz CT molecular complexity index is 1420. The van der Waals surface area contributed by atoms with Gasteiger partial charge in [-0.05, 0) is 77.0 Å². The van der Waals surface area contributed by atoms with Crippen LogP contribution in [-0.2, 0) is 33.3 Å². The van der Waals surface area contributed by atoms with Crippen LogP contribution in [-0.4, -0.2) is 82.3 Å². The fourth-order valence-corrected chi connectivity index (χ4v) is 8.33. The van der Waals surface area contributed by atoms with Crippen molar-refractivity contribution >= 4 is 17.9 Å². The Labute approximate surface area is 449 Å². The van der Waals surface area contributed by atoms with Crippen LogP contribution in [0, 0.1) is 0 Å². The second-order valence-corrected chi connectivity index (χ2v) is 21.3. The van der Waals surface area contributed by atoms with E-state index in [0.29, 0.717) is 17.4 Å². The Morgan fingerprint density at radius 1 is 0.425 bits per heavy atom. The molecule has 0 rings (SSSR count). The molecule has 0 saturated carbocycles. The maximum atomic E-state index is 12.9. The minimum absolute atomic E-state index is 0.145. The third-order valence-electron chi connectivity index (χ3n) is 12.9. The average Bonchev–Trinajstić information content (AvgIpc) is 3.36. The molecule has 0 spiro atoms. The highest BCUT2D eigenvalue weighted by molar-refractivity contribution is 5.70. The van der Waals surface area contributed by atoms with Gasteiger partial charge < -0.3 is 33.3 Å². The Balaban J connectivity index is 4.03. The number of ether oxygens (including phenoxy) is 4. The molecule has 0 aliphatic heterocycles. The number of esters is 2. The molecule has 0 aromatic rings. The van der Waals surface area contributed by atoms with Gasteiger partial charge in [0.15, 0.2) is 12.4 Å². The Morgan fingerprint density at radius 2 is 0.781 bits per heavy atom. The number of quaternary nitrogens is 1. The Hall–Kier alpha value is -3.27. The van der Waals surface area contributed by atoms with Crippen LogP contribution in [0.3, 0.4) is 0 Å². The monoisotopic (exact) mass is 1020 g/mol. The molecule has 0 N–H and O–H groups in total. The van der Waals surface area contributed by atoms with Crippen molar-refractivity contribution in [2.24, 2.45) is 0 Å². The highest BCUT2D eigenvalue weighted by Crippen LogP contribution is 2.17. The van der Waals surface area contributed by atoms with E-state index in [1.165, 1.54) is 135 Å². The maximum absolute atomic E-state index is 12.9. The van der Waals surface area contributed by atoms with E-state index in [0.717, 1.165) is 89.9 Å². The fraction of sp³-hybridized carbons (Fsp3) is 0.766. The van der Waals surface area contributed by atoms with Crippen molar-refractivity contribution in [3.63, 3.8) is 0 Å². The van der Waals surface area contributed by atoms with Crippen LogP contribution in [0.25, 0.3) is 0 Å². The summed E-state index contributed by atoms with van der Waals surface area (Å²) in [6, 6.07) is 0. The standard InChI is InChI=1S/C64H113NO8/c1-6-8-10-12-14-16-18-20-21-22-23-24-25-26-27-28-29-30-31-32-33-34-35-36-37-38-39-40-41-43-45-47-49-51-53-55-62(67)73-60(59-72-64(63(68)69)70-57-56-65(3,4)5)58-71-61(66)54-52-50-48-46-44-42-19-17-15-13-11-9-7-2/h8,10-11,13-14,16-17,19-21,23-24,60,64H,6-7,9,12,15,18,22,25-59H2,1-5H3/b10-8-,13-11-,16-14-,19-17-,21-20-,24-23-. The van der Waals surface area contributed by atoms with Gasteiger partial charge in [0.2, 0.25) is 0 Å². The van der Waals surface area contributed by atoms with Crippen LogP contribution in [0.2, 0.25) is 0 Å². The lowest BCUT2D eigenvalue weighted by Crippen LogP contribution is -2.44. The van der Waals surface area contributed by atoms with Crippen molar-refractivity contribution in [2.45, 2.75) is 270 Å². The second-order valence-electron chi connectivity index (χ2n) is 21.3. The quantitative estimate of drug-likeness (QED) is 0.0195. The minimum atomic E-state index is -1.62. The molecule has 0 aliphatic rings. The number of allylic oxidation sites excluding steroid dienone is 12. The van der Waals surface area contributed by atoms with E-state index in [-0.39, 0.29) is 38.6 Å². The molecule has 0 aliphatic carbocycles. The summed E-state index contributed by atoms with van der Waals surface area (Å²) in [6.45, 7) is 4.57. The molecule has 0 fully saturated rings. The molecular formula is C64H113NO8. The van der Waals surface area contributed by atoms with Crippen molar-refractivity contribution < 1.29 is 42.9 Å². The van der Waals surface area contributed by atoms with Crippen LogP contribution in [0.4, 0.5) is 0 Å². The Morgan fingerprint density at radius 3 is 1.16 bits per heavy atom. The smallest absolute Gasteiger partial charge is 0.306 e. The van der Waals surface area contributed by atoms with Crippen LogP contribution in [0.15, 0.2) is 72.9 Å². The normalized spacial score (nSPS) is 13.3. The van der Waals surface area contributed by atoms with Gasteiger partial charge in [0.05, 0.1) is 40.3 Å². The van der Waals surface area contributed by atoms with Gasteiger partial charge in [0.25, 0.3) is 0 Å². The zero-order chi connectivity index (χ0) is 53.4. The van der Waals surface area contributed by atoms with E-state index in [1.807, 2.05) is 21.1 Å². The van der Waals surface area contributed by atoms with E-state index in [9.17, 15) is 19.5 Å². The molecule has 0 bridgehead atoms. The summed E-state index contributed by atoms with van der Waals surface area (Å²) in [6.07, 6.45) is 68.4. The van der Waals surface area contributed by atoms with E-state index < -0.39 is 24.3 Å². The van der Waals surface area contributed by atoms with Gasteiger partial charge >= 0.3 is 11.9 Å². The number of rotatable bonds is 55. The summed E-state index contributed by atoms with van der Waals surface area (Å²) in [5, 5.41) is 11.8. The van der Waals surface area contributed by atoms with Crippen LogP contribution < -0.4 is 5.11 Å². The molecule has 9 nitrogen and oxygen atoms in total. The number of likely N-dealkylation sites (N-methyl/N-ethyl adjacent to an activating group) is 1. The SMILES string of the molecule is CC/C=C\C/C=C\C/C=C\C/C=C\CCCCCCCCCCCCCCCCCCCCCCCCC(=O)OC(COC(=O)CCCCCCC/C=C\C/C=C\CCC)COC(OCC[N+](C)(C)C)C(=O)[O-]. The molecule has 0 amide bonds. The van der Waals surface area contributed by atoms with Gasteiger partial charge in [0, 0.05) is 12.8 Å². The number of nitrogens with zero attached hydrogens (tertiary/aromatic N) is 1. The molecule has 2 atom stereocenters. The summed E-state index contributed by atoms with van der Waals surface area (Å²) >= 11 is 0. The van der Waals surface area contributed by atoms with Gasteiger partial charge in [0.1, 0.15) is 13.2 Å². The van der Waals surface area contributed by atoms with Crippen LogP contribution in [0.1, 0.15) is 258 Å². The average molecular weight is 1020 g/mol. The molecule has 73 heavy (non-hydrogen) atoms. The molecule has 0 heterocycles. The zero-order valence-electron chi connectivity index (χ0n) is 48.0. The summed E-state index contributed by atoms with van der Waals surface area (Å²) in [5.74, 6) is -2.30. The van der Waals surface area contributed by atoms with E-state index in [4.69, 9.17) is 18.9 Å². The number of carbonyl (C=O) groups excluding carboxylic acids is 3. The number of carboxylic acids is 1. The lowest BCUT2D eigenvalue weighted by Gasteiger charge is -2.26. The first-order valence-corrected chi connectivity index (χ1v) is 30.1. The predicted octanol–water partition coefficient (Wildman–Crippen LogP) is 16.5. The third kappa shape index (κ3) is 56.3. The first-order chi connectivity index (χ1) is 35.6. The highest BCUT2D eigenvalue weighted by Gasteiger charge is 2.22. The van der Waals surface area contributed by atoms with Crippen LogP contribution >= 0.6 is 0 Å². The number of carboxylic acid groups (broad SMARTS) is 1. The van der Waals surface area contributed by atoms with E-state index in [2.05, 4.69) is 86.8 Å². The maximum Gasteiger partial charge on any atom is 0.306 e. The topological polar surface area (TPSA) is 111 Å². The number of carbonyl (C=O) groups is 3. The van der Waals surface area contributed by atoms with Gasteiger partial charge in [-0.1, -0.05) is 241 Å². The lowest BCUT2D eigenvalue weighted by atomic mass is 10.0. The van der Waals surface area contributed by atoms with Crippen molar-refractivity contribution in [1.82, 2.24) is 0 Å². The number of hydrogen-bond acceptors (Lipinski definition) is 8. The number of unbranched alkanes of at least 4 members (excludes halogenated alkanes) is 28. The van der Waals surface area contributed by atoms with Crippen molar-refractivity contribution in [1.29, 1.82) is 0 Å². The molecule has 2 unspecified atom stereocenters. The number of aliphatic carboxylic acids is 1. The summed E-state index contributed by atoms with van der Waals surface area (Å²) < 4.78 is 22.7. The lowest BCUT2D eigenvalue weighted by molar-refractivity contribution is -0.870. The molecular weight excluding hydrogens is 911 g/mol. The zero-order valence-corrected chi connectivity index (χ0v) is 48.0. The van der Waals surface area contributed by atoms with Gasteiger partial charge in [-0.25, -0.2) is 0 Å². The van der Waals surface area contributed by atoms with E-state index >= 15 is 0 Å². The molecule has 0 aromatic carbocycles. The fourth-order valence-electron chi connectivity index (χ4n) is 8.33. The number of hydrogen-bond donors (Lipinski definition) is 0. The minimum Gasteiger partial charge on any atom is -0.545 e. The van der Waals surface area contributed by atoms with Gasteiger partial charge in [-0.2, -0.15) is 0 Å². The van der Waals surface area contributed by atoms with Crippen molar-refractivity contribution in [3.05, 3.63) is 72.9 Å². The largest absolute Gasteiger partial charge is 0.545 e. The molecule has 0 saturated heterocycles. The third-order valence-corrected chi connectivity index (χ3v) is 12.9. The first kappa shape index (κ1) is 69.7. The summed E-state index contributed by atoms with van der Waals surface area (Å²) in [4.78, 5) is 37.2. The molecule has 0 radical (unpaired) electrons. The van der Waals surface area contributed by atoms with Crippen LogP contribution in [0.5, 0.6) is 0 Å². The van der Waals surface area contributed by atoms with E-state index in [1.54, 1.807) is 0 Å². The second kappa shape index (κ2) is 55.0. The Kier molecular flexibility index (Phi) is 52.5. The first-order valence-electron chi connectivity index (χ1n) is 30.1. The molecule has 9 heteroatoms. The predicted molar refractivity (Wildman–Crippen MR) is 306 cm³/mol. The van der Waals surface area contributed by atoms with Crippen molar-refractivity contribution in [3.8, 4) is 0 Å². The molecule has 0 aromatic heterocycles. The molecule has 422 valence electrons. The van der Waals surface area contributed by atoms with Crippen molar-refractivity contribution in [2.75, 3.05) is 47.5 Å². The summed E-state index contributed by atoms with van der Waals surface area (Å²) in [7, 11) is 5.92. The highest BCUT2D eigenvalue weighted by atomic mass is 16.7. The van der Waals surface area contributed by atoms with Gasteiger partial charge in [-0.15, -0.1) is 0 Å². The van der Waals surface area contributed by atoms with Gasteiger partial charge in [-0.3, -0.25) is 9.59 Å².